The normalized spacial score (nSPS) is 11.3. The van der Waals surface area contributed by atoms with Crippen molar-refractivity contribution in [1.29, 1.82) is 0 Å². The second-order valence-electron chi connectivity index (χ2n) is 4.43. The predicted molar refractivity (Wildman–Crippen MR) is 88.8 cm³/mol. The predicted octanol–water partition coefficient (Wildman–Crippen LogP) is 1.78. The molecule has 0 atom stereocenters. The van der Waals surface area contributed by atoms with Crippen LogP contribution in [0.2, 0.25) is 0 Å². The van der Waals surface area contributed by atoms with Crippen molar-refractivity contribution in [2.24, 2.45) is 0 Å². The van der Waals surface area contributed by atoms with E-state index in [0.29, 0.717) is 5.69 Å². The molecule has 20 heavy (non-hydrogen) atoms. The van der Waals surface area contributed by atoms with E-state index in [9.17, 15) is 8.42 Å². The summed E-state index contributed by atoms with van der Waals surface area (Å²) in [6, 6.07) is 13.9. The number of halogens is 1. The number of rotatable bonds is 4. The minimum absolute atomic E-state index is 0.0553. The van der Waals surface area contributed by atoms with E-state index in [2.05, 4.69) is 32.8 Å². The molecule has 6 heteroatoms. The zero-order valence-electron chi connectivity index (χ0n) is 11.1. The fourth-order valence-electron chi connectivity index (χ4n) is 1.63. The van der Waals surface area contributed by atoms with Crippen LogP contribution in [0, 0.1) is 6.92 Å². The van der Waals surface area contributed by atoms with Crippen molar-refractivity contribution in [3.8, 4) is 0 Å². The van der Waals surface area contributed by atoms with Crippen LogP contribution < -0.4 is 13.6 Å². The molecule has 0 spiro atoms. The monoisotopic (exact) mass is 419 g/mol. The molecule has 0 aliphatic carbocycles. The van der Waals surface area contributed by atoms with Gasteiger partial charge in [-0.25, -0.2) is 0 Å². The van der Waals surface area contributed by atoms with E-state index >= 15 is 0 Å². The van der Waals surface area contributed by atoms with Crippen LogP contribution in [0.4, 0.5) is 5.69 Å². The third-order valence-electron chi connectivity index (χ3n) is 2.47. The Bertz CT molecular complexity index is 714. The van der Waals surface area contributed by atoms with Crippen molar-refractivity contribution in [3.63, 3.8) is 0 Å². The number of sulfonamides is 1. The molecule has 1 N–H and O–H groups in total. The third-order valence-corrected chi connectivity index (χ3v) is 5.83. The van der Waals surface area contributed by atoms with Gasteiger partial charge in [-0.15, -0.1) is 0 Å². The molecule has 3 nitrogen and oxygen atoms in total. The summed E-state index contributed by atoms with van der Waals surface area (Å²) in [5.41, 5.74) is 1.79. The number of hydrogen-bond donors (Lipinski definition) is 1. The summed E-state index contributed by atoms with van der Waals surface area (Å²) in [5, 5.41) is 0. The van der Waals surface area contributed by atoms with Crippen LogP contribution in [0.1, 0.15) is 5.56 Å². The number of hydrogen-bond acceptors (Lipinski definition) is 2. The Labute approximate surface area is 134 Å². The first kappa shape index (κ1) is 15.6. The summed E-state index contributed by atoms with van der Waals surface area (Å²) in [6.07, 6.45) is 1.17. The molecular formula is C14H14BrNO2SSe. The van der Waals surface area contributed by atoms with Gasteiger partial charge in [-0.1, -0.05) is 0 Å². The first-order valence-corrected chi connectivity index (χ1v) is 10.2. The average Bonchev–Trinajstić information content (AvgIpc) is 2.34. The minimum atomic E-state index is -3.26. The Hall–Kier alpha value is -0.811. The summed E-state index contributed by atoms with van der Waals surface area (Å²) in [4.78, 5) is 0. The van der Waals surface area contributed by atoms with Crippen LogP contribution in [-0.4, -0.2) is 29.6 Å². The number of nitrogens with one attached hydrogen (secondary N) is 1. The standard InChI is InChI=1S/C14H14BrNO2SSe/c1-10-3-8-13(16-19(2,17)18)14(9-10)20-12-6-4-11(15)5-7-12/h3-9,16H,1-2H3. The number of benzene rings is 2. The molecule has 2 aromatic rings. The molecular weight excluding hydrogens is 405 g/mol. The van der Waals surface area contributed by atoms with Gasteiger partial charge in [0, 0.05) is 0 Å². The molecule has 106 valence electrons. The van der Waals surface area contributed by atoms with Crippen LogP contribution in [0.3, 0.4) is 0 Å². The summed E-state index contributed by atoms with van der Waals surface area (Å²) in [6.45, 7) is 2.01. The van der Waals surface area contributed by atoms with Gasteiger partial charge in [-0.3, -0.25) is 0 Å². The number of anilines is 1. The van der Waals surface area contributed by atoms with Crippen molar-refractivity contribution in [2.45, 2.75) is 6.92 Å². The summed E-state index contributed by atoms with van der Waals surface area (Å²) >= 11 is 3.47. The average molecular weight is 419 g/mol. The zero-order valence-corrected chi connectivity index (χ0v) is 15.2. The van der Waals surface area contributed by atoms with Gasteiger partial charge in [0.05, 0.1) is 0 Å². The summed E-state index contributed by atoms with van der Waals surface area (Å²) < 4.78 is 28.7. The van der Waals surface area contributed by atoms with E-state index in [1.165, 1.54) is 10.7 Å². The molecule has 0 fully saturated rings. The van der Waals surface area contributed by atoms with E-state index in [4.69, 9.17) is 0 Å². The van der Waals surface area contributed by atoms with Gasteiger partial charge in [0.25, 0.3) is 0 Å². The van der Waals surface area contributed by atoms with Gasteiger partial charge < -0.3 is 0 Å². The molecule has 0 amide bonds. The molecule has 0 bridgehead atoms. The first-order valence-electron chi connectivity index (χ1n) is 5.85. The molecule has 2 rings (SSSR count). The Morgan fingerprint density at radius 2 is 1.75 bits per heavy atom. The fraction of sp³-hybridized carbons (Fsp3) is 0.143. The van der Waals surface area contributed by atoms with Gasteiger partial charge in [0.1, 0.15) is 0 Å². The van der Waals surface area contributed by atoms with Crippen LogP contribution in [0.25, 0.3) is 0 Å². The van der Waals surface area contributed by atoms with E-state index in [0.717, 1.165) is 14.5 Å². The summed E-state index contributed by atoms with van der Waals surface area (Å²) in [7, 11) is -3.26. The molecule has 2 aromatic carbocycles. The van der Waals surface area contributed by atoms with E-state index < -0.39 is 10.0 Å². The summed E-state index contributed by atoms with van der Waals surface area (Å²) in [5.74, 6) is 0. The Morgan fingerprint density at radius 3 is 2.35 bits per heavy atom. The molecule has 0 radical (unpaired) electrons. The van der Waals surface area contributed by atoms with Crippen LogP contribution in [0.15, 0.2) is 46.9 Å². The topological polar surface area (TPSA) is 46.2 Å². The van der Waals surface area contributed by atoms with Crippen molar-refractivity contribution < 1.29 is 8.42 Å². The molecule has 0 saturated carbocycles. The van der Waals surface area contributed by atoms with Crippen LogP contribution in [0.5, 0.6) is 0 Å². The molecule has 0 unspecified atom stereocenters. The first-order chi connectivity index (χ1) is 9.33. The van der Waals surface area contributed by atoms with Crippen LogP contribution in [-0.2, 0) is 10.0 Å². The SMILES string of the molecule is Cc1ccc(NS(C)(=O)=O)c([Se]c2ccc(Br)cc2)c1. The molecule has 0 aromatic heterocycles. The van der Waals surface area contributed by atoms with Crippen molar-refractivity contribution >= 4 is 55.5 Å². The van der Waals surface area contributed by atoms with Gasteiger partial charge in [0.15, 0.2) is 0 Å². The van der Waals surface area contributed by atoms with Gasteiger partial charge >= 0.3 is 134 Å². The van der Waals surface area contributed by atoms with Crippen molar-refractivity contribution in [2.75, 3.05) is 11.0 Å². The third kappa shape index (κ3) is 4.63. The van der Waals surface area contributed by atoms with Gasteiger partial charge in [-0.2, -0.15) is 0 Å². The Morgan fingerprint density at radius 1 is 1.10 bits per heavy atom. The fourth-order valence-corrected chi connectivity index (χ4v) is 4.71. The quantitative estimate of drug-likeness (QED) is 0.769. The van der Waals surface area contributed by atoms with Crippen LogP contribution >= 0.6 is 15.9 Å². The molecule has 0 aliphatic rings. The van der Waals surface area contributed by atoms with Gasteiger partial charge in [-0.05, 0) is 0 Å². The molecule has 0 heterocycles. The zero-order chi connectivity index (χ0) is 14.8. The Kier molecular flexibility index (Phi) is 4.91. The van der Waals surface area contributed by atoms with Gasteiger partial charge in [0.2, 0.25) is 0 Å². The van der Waals surface area contributed by atoms with E-state index in [1.807, 2.05) is 37.3 Å². The van der Waals surface area contributed by atoms with Crippen molar-refractivity contribution in [1.82, 2.24) is 0 Å². The second kappa shape index (κ2) is 6.31. The second-order valence-corrected chi connectivity index (χ2v) is 9.43. The van der Waals surface area contributed by atoms with Crippen molar-refractivity contribution in [3.05, 3.63) is 52.5 Å². The Balaban J connectivity index is 2.34. The van der Waals surface area contributed by atoms with E-state index in [-0.39, 0.29) is 15.0 Å². The molecule has 0 aliphatic heterocycles. The number of aryl methyl sites for hydroxylation is 1. The van der Waals surface area contributed by atoms with E-state index in [1.54, 1.807) is 0 Å². The maximum atomic E-state index is 11.4. The maximum absolute atomic E-state index is 11.4. The molecule has 0 saturated heterocycles.